The smallest absolute Gasteiger partial charge is 0.352 e. The van der Waals surface area contributed by atoms with Crippen molar-refractivity contribution < 1.29 is 18.3 Å². The minimum absolute atomic E-state index is 0.0184. The first-order valence-corrected chi connectivity index (χ1v) is 7.07. The van der Waals surface area contributed by atoms with Crippen molar-refractivity contribution in [2.45, 2.75) is 4.90 Å². The highest BCUT2D eigenvalue weighted by atomic mass is 35.5. The van der Waals surface area contributed by atoms with Gasteiger partial charge in [0.15, 0.2) is 11.0 Å². The first-order chi connectivity index (χ1) is 9.29. The molecule has 0 saturated carbocycles. The Morgan fingerprint density at radius 3 is 2.60 bits per heavy atom. The summed E-state index contributed by atoms with van der Waals surface area (Å²) >= 11 is 5.54. The van der Waals surface area contributed by atoms with Crippen LogP contribution in [0, 0.1) is 0 Å². The molecule has 0 bridgehead atoms. The van der Waals surface area contributed by atoms with E-state index in [1.807, 2.05) is 0 Å². The van der Waals surface area contributed by atoms with Crippen LogP contribution in [0.15, 0.2) is 29.3 Å². The standard InChI is InChI=1S/C10H9ClN4O4S/c1-15-5-6(4-7(15)10(16)17)20(18,19)14-9-3-2-8(11)12-13-9/h2-5H,1H3,(H,13,14)(H,16,17). The molecular formula is C10H9ClN4O4S. The van der Waals surface area contributed by atoms with E-state index in [0.717, 1.165) is 6.07 Å². The number of rotatable bonds is 4. The normalized spacial score (nSPS) is 11.3. The van der Waals surface area contributed by atoms with Gasteiger partial charge in [0.25, 0.3) is 10.0 Å². The Labute approximate surface area is 119 Å². The van der Waals surface area contributed by atoms with Gasteiger partial charge in [0.1, 0.15) is 10.6 Å². The molecule has 0 radical (unpaired) electrons. The molecule has 0 spiro atoms. The first-order valence-electron chi connectivity index (χ1n) is 5.21. The molecule has 0 fully saturated rings. The summed E-state index contributed by atoms with van der Waals surface area (Å²) < 4.78 is 27.5. The molecule has 0 saturated heterocycles. The van der Waals surface area contributed by atoms with Crippen molar-refractivity contribution >= 4 is 33.4 Å². The molecule has 20 heavy (non-hydrogen) atoms. The van der Waals surface area contributed by atoms with Crippen LogP contribution in [0.1, 0.15) is 10.5 Å². The maximum atomic E-state index is 12.1. The van der Waals surface area contributed by atoms with Crippen LogP contribution in [-0.2, 0) is 17.1 Å². The van der Waals surface area contributed by atoms with Crippen molar-refractivity contribution in [2.75, 3.05) is 4.72 Å². The van der Waals surface area contributed by atoms with Crippen molar-refractivity contribution in [3.63, 3.8) is 0 Å². The fourth-order valence-corrected chi connectivity index (χ4v) is 2.63. The fourth-order valence-electron chi connectivity index (χ4n) is 1.46. The highest BCUT2D eigenvalue weighted by molar-refractivity contribution is 7.92. The summed E-state index contributed by atoms with van der Waals surface area (Å²) in [6, 6.07) is 3.77. The molecule has 0 atom stereocenters. The lowest BCUT2D eigenvalue weighted by Gasteiger charge is -2.04. The number of aromatic carboxylic acids is 1. The van der Waals surface area contributed by atoms with E-state index in [0.29, 0.717) is 0 Å². The molecule has 0 aliphatic carbocycles. The molecule has 0 aromatic carbocycles. The molecule has 2 heterocycles. The van der Waals surface area contributed by atoms with Gasteiger partial charge in [-0.2, -0.15) is 0 Å². The molecule has 0 unspecified atom stereocenters. The van der Waals surface area contributed by atoms with Gasteiger partial charge in [-0.15, -0.1) is 10.2 Å². The molecule has 8 nitrogen and oxygen atoms in total. The van der Waals surface area contributed by atoms with E-state index in [4.69, 9.17) is 16.7 Å². The number of nitrogens with zero attached hydrogens (tertiary/aromatic N) is 3. The number of halogens is 1. The van der Waals surface area contributed by atoms with E-state index in [9.17, 15) is 13.2 Å². The van der Waals surface area contributed by atoms with Gasteiger partial charge in [0.05, 0.1) is 0 Å². The van der Waals surface area contributed by atoms with Crippen LogP contribution in [-0.4, -0.2) is 34.3 Å². The van der Waals surface area contributed by atoms with E-state index < -0.39 is 16.0 Å². The van der Waals surface area contributed by atoms with Crippen LogP contribution >= 0.6 is 11.6 Å². The van der Waals surface area contributed by atoms with E-state index >= 15 is 0 Å². The molecule has 0 amide bonds. The van der Waals surface area contributed by atoms with Crippen molar-refractivity contribution in [2.24, 2.45) is 7.05 Å². The van der Waals surface area contributed by atoms with Crippen LogP contribution < -0.4 is 4.72 Å². The third-order valence-electron chi connectivity index (χ3n) is 2.38. The second-order valence-corrected chi connectivity index (χ2v) is 5.89. The minimum Gasteiger partial charge on any atom is -0.477 e. The molecule has 2 aromatic rings. The Hall–Kier alpha value is -2.13. The average Bonchev–Trinajstić information content (AvgIpc) is 2.75. The Balaban J connectivity index is 2.33. The highest BCUT2D eigenvalue weighted by Gasteiger charge is 2.20. The zero-order chi connectivity index (χ0) is 14.9. The maximum absolute atomic E-state index is 12.1. The summed E-state index contributed by atoms with van der Waals surface area (Å²) in [7, 11) is -2.51. The number of nitrogens with one attached hydrogen (secondary N) is 1. The van der Waals surface area contributed by atoms with Gasteiger partial charge in [-0.1, -0.05) is 11.6 Å². The predicted octanol–water partition coefficient (Wildman–Crippen LogP) is 0.968. The number of hydrogen-bond donors (Lipinski definition) is 2. The lowest BCUT2D eigenvalue weighted by Crippen LogP contribution is -2.13. The number of carbonyl (C=O) groups is 1. The van der Waals surface area contributed by atoms with Crippen LogP contribution in [0.25, 0.3) is 0 Å². The molecule has 106 valence electrons. The van der Waals surface area contributed by atoms with Crippen molar-refractivity contribution in [3.05, 3.63) is 35.2 Å². The number of sulfonamides is 1. The topological polar surface area (TPSA) is 114 Å². The summed E-state index contributed by atoms with van der Waals surface area (Å²) in [4.78, 5) is 10.7. The molecule has 2 aromatic heterocycles. The van der Waals surface area contributed by atoms with Gasteiger partial charge in [-0.3, -0.25) is 4.72 Å². The van der Waals surface area contributed by atoms with E-state index in [1.54, 1.807) is 0 Å². The second kappa shape index (κ2) is 5.10. The minimum atomic E-state index is -3.94. The van der Waals surface area contributed by atoms with Crippen LogP contribution in [0.4, 0.5) is 5.82 Å². The Bertz CT molecular complexity index is 754. The Morgan fingerprint density at radius 2 is 2.10 bits per heavy atom. The van der Waals surface area contributed by atoms with Crippen LogP contribution in [0.2, 0.25) is 5.15 Å². The Kier molecular flexibility index (Phi) is 3.64. The SMILES string of the molecule is Cn1cc(S(=O)(=O)Nc2ccc(Cl)nn2)cc1C(=O)O. The number of hydrogen-bond acceptors (Lipinski definition) is 5. The molecule has 0 aliphatic rings. The van der Waals surface area contributed by atoms with Gasteiger partial charge in [-0.25, -0.2) is 13.2 Å². The molecular weight excluding hydrogens is 308 g/mol. The quantitative estimate of drug-likeness (QED) is 0.868. The second-order valence-electron chi connectivity index (χ2n) is 3.82. The molecule has 2 rings (SSSR count). The van der Waals surface area contributed by atoms with Gasteiger partial charge >= 0.3 is 5.97 Å². The molecule has 0 aliphatic heterocycles. The number of anilines is 1. The zero-order valence-electron chi connectivity index (χ0n) is 10.1. The number of carboxylic acid groups (broad SMARTS) is 1. The largest absolute Gasteiger partial charge is 0.477 e. The van der Waals surface area contributed by atoms with E-state index in [1.165, 1.54) is 29.9 Å². The maximum Gasteiger partial charge on any atom is 0.352 e. The van der Waals surface area contributed by atoms with E-state index in [2.05, 4.69) is 14.9 Å². The van der Waals surface area contributed by atoms with Crippen molar-refractivity contribution in [3.8, 4) is 0 Å². The summed E-state index contributed by atoms with van der Waals surface area (Å²) in [5.41, 5.74) is -0.146. The lowest BCUT2D eigenvalue weighted by atomic mass is 10.4. The van der Waals surface area contributed by atoms with Gasteiger partial charge in [0.2, 0.25) is 0 Å². The summed E-state index contributed by atoms with van der Waals surface area (Å²) in [5.74, 6) is -1.24. The number of aryl methyl sites for hydroxylation is 1. The Morgan fingerprint density at radius 1 is 1.40 bits per heavy atom. The average molecular weight is 317 g/mol. The van der Waals surface area contributed by atoms with Crippen LogP contribution in [0.3, 0.4) is 0 Å². The van der Waals surface area contributed by atoms with Gasteiger partial charge in [0, 0.05) is 13.2 Å². The zero-order valence-corrected chi connectivity index (χ0v) is 11.7. The van der Waals surface area contributed by atoms with Crippen molar-refractivity contribution in [1.82, 2.24) is 14.8 Å². The number of carboxylic acids is 1. The van der Waals surface area contributed by atoms with Gasteiger partial charge in [-0.05, 0) is 18.2 Å². The predicted molar refractivity (Wildman–Crippen MR) is 70.2 cm³/mol. The van der Waals surface area contributed by atoms with Gasteiger partial charge < -0.3 is 9.67 Å². The summed E-state index contributed by atoms with van der Waals surface area (Å²) in [5, 5.41) is 16.1. The highest BCUT2D eigenvalue weighted by Crippen LogP contribution is 2.17. The number of aromatic nitrogens is 3. The van der Waals surface area contributed by atoms with Crippen LogP contribution in [0.5, 0.6) is 0 Å². The third kappa shape index (κ3) is 2.89. The molecule has 2 N–H and O–H groups in total. The third-order valence-corrected chi connectivity index (χ3v) is 3.90. The lowest BCUT2D eigenvalue weighted by molar-refractivity contribution is 0.0686. The summed E-state index contributed by atoms with van der Waals surface area (Å²) in [6.45, 7) is 0. The van der Waals surface area contributed by atoms with Crippen molar-refractivity contribution in [1.29, 1.82) is 0 Å². The monoisotopic (exact) mass is 316 g/mol. The molecule has 10 heteroatoms. The summed E-state index contributed by atoms with van der Waals surface area (Å²) in [6.07, 6.45) is 1.19. The first kappa shape index (κ1) is 14.3. The fraction of sp³-hybridized carbons (Fsp3) is 0.100. The van der Waals surface area contributed by atoms with E-state index in [-0.39, 0.29) is 21.6 Å².